The summed E-state index contributed by atoms with van der Waals surface area (Å²) in [7, 11) is 1.68. The smallest absolute Gasteiger partial charge is 0.175 e. The molecule has 13 heavy (non-hydrogen) atoms. The number of aryl methyl sites for hydroxylation is 1. The van der Waals surface area contributed by atoms with Crippen LogP contribution in [0.4, 0.5) is 0 Å². The van der Waals surface area contributed by atoms with E-state index in [4.69, 9.17) is 9.15 Å². The highest BCUT2D eigenvalue weighted by atomic mass is 16.5. The van der Waals surface area contributed by atoms with Gasteiger partial charge in [0.2, 0.25) is 0 Å². The summed E-state index contributed by atoms with van der Waals surface area (Å²) in [4.78, 5) is 0. The second-order valence-corrected chi connectivity index (χ2v) is 2.95. The van der Waals surface area contributed by atoms with Gasteiger partial charge in [-0.25, -0.2) is 0 Å². The Kier molecular flexibility index (Phi) is 1.97. The van der Waals surface area contributed by atoms with Gasteiger partial charge in [0.05, 0.1) is 13.4 Å². The lowest BCUT2D eigenvalue weighted by Crippen LogP contribution is -1.90. The second-order valence-electron chi connectivity index (χ2n) is 2.95. The molecule has 0 fully saturated rings. The van der Waals surface area contributed by atoms with Crippen LogP contribution < -0.4 is 4.74 Å². The van der Waals surface area contributed by atoms with E-state index >= 15 is 0 Å². The van der Waals surface area contributed by atoms with Gasteiger partial charge in [-0.2, -0.15) is 0 Å². The van der Waals surface area contributed by atoms with Crippen molar-refractivity contribution in [3.63, 3.8) is 0 Å². The third kappa shape index (κ3) is 1.18. The number of hydrogen-bond donors (Lipinski definition) is 0. The molecule has 0 amide bonds. The third-order valence-electron chi connectivity index (χ3n) is 2.24. The number of furan rings is 1. The molecule has 1 aromatic carbocycles. The van der Waals surface area contributed by atoms with E-state index in [-0.39, 0.29) is 0 Å². The molecule has 0 aliphatic heterocycles. The number of hydrogen-bond acceptors (Lipinski definition) is 2. The van der Waals surface area contributed by atoms with E-state index in [1.54, 1.807) is 13.4 Å². The maximum atomic E-state index is 5.36. The van der Waals surface area contributed by atoms with Crippen molar-refractivity contribution in [2.45, 2.75) is 13.3 Å². The van der Waals surface area contributed by atoms with Crippen LogP contribution in [0, 0.1) is 0 Å². The topological polar surface area (TPSA) is 22.4 Å². The van der Waals surface area contributed by atoms with Gasteiger partial charge in [0.1, 0.15) is 0 Å². The Balaban J connectivity index is 2.74. The lowest BCUT2D eigenvalue weighted by atomic mass is 10.1. The van der Waals surface area contributed by atoms with Gasteiger partial charge in [0.15, 0.2) is 11.3 Å². The van der Waals surface area contributed by atoms with Gasteiger partial charge in [-0.1, -0.05) is 19.1 Å². The van der Waals surface area contributed by atoms with Crippen LogP contribution in [0.2, 0.25) is 0 Å². The van der Waals surface area contributed by atoms with Gasteiger partial charge in [-0.15, -0.1) is 0 Å². The van der Waals surface area contributed by atoms with Crippen molar-refractivity contribution in [3.05, 3.63) is 30.0 Å². The van der Waals surface area contributed by atoms with Crippen LogP contribution in [0.5, 0.6) is 5.75 Å². The molecule has 0 aliphatic rings. The van der Waals surface area contributed by atoms with Gasteiger partial charge < -0.3 is 9.15 Å². The first-order valence-corrected chi connectivity index (χ1v) is 4.40. The van der Waals surface area contributed by atoms with E-state index in [9.17, 15) is 0 Å². The van der Waals surface area contributed by atoms with E-state index in [0.717, 1.165) is 23.1 Å². The zero-order valence-corrected chi connectivity index (χ0v) is 7.83. The van der Waals surface area contributed by atoms with Gasteiger partial charge in [0.25, 0.3) is 0 Å². The van der Waals surface area contributed by atoms with Crippen LogP contribution in [0.15, 0.2) is 28.9 Å². The number of ether oxygens (including phenoxy) is 1. The van der Waals surface area contributed by atoms with Crippen molar-refractivity contribution in [1.82, 2.24) is 0 Å². The van der Waals surface area contributed by atoms with Gasteiger partial charge >= 0.3 is 0 Å². The predicted molar refractivity (Wildman–Crippen MR) is 52.1 cm³/mol. The Morgan fingerprint density at radius 3 is 2.85 bits per heavy atom. The monoisotopic (exact) mass is 176 g/mol. The number of rotatable bonds is 2. The molecule has 2 nitrogen and oxygen atoms in total. The maximum absolute atomic E-state index is 5.36. The predicted octanol–water partition coefficient (Wildman–Crippen LogP) is 3.00. The van der Waals surface area contributed by atoms with Gasteiger partial charge in [0, 0.05) is 5.39 Å². The summed E-state index contributed by atoms with van der Waals surface area (Å²) in [5, 5.41) is 1.09. The zero-order valence-electron chi connectivity index (χ0n) is 7.83. The number of methoxy groups -OCH3 is 1. The summed E-state index contributed by atoms with van der Waals surface area (Å²) in [6.45, 7) is 2.10. The van der Waals surface area contributed by atoms with E-state index < -0.39 is 0 Å². The highest BCUT2D eigenvalue weighted by Gasteiger charge is 2.08. The molecule has 0 N–H and O–H groups in total. The Morgan fingerprint density at radius 2 is 2.15 bits per heavy atom. The molecule has 0 radical (unpaired) electrons. The molecule has 2 heteroatoms. The third-order valence-corrected chi connectivity index (χ3v) is 2.24. The molecule has 2 rings (SSSR count). The fourth-order valence-electron chi connectivity index (χ4n) is 1.55. The largest absolute Gasteiger partial charge is 0.493 e. The van der Waals surface area contributed by atoms with Crippen LogP contribution in [-0.2, 0) is 6.42 Å². The Hall–Kier alpha value is -1.44. The van der Waals surface area contributed by atoms with Crippen LogP contribution in [-0.4, -0.2) is 7.11 Å². The normalized spacial score (nSPS) is 10.6. The molecule has 0 bridgehead atoms. The number of benzene rings is 1. The van der Waals surface area contributed by atoms with E-state index in [1.165, 1.54) is 5.56 Å². The summed E-state index contributed by atoms with van der Waals surface area (Å²) in [6, 6.07) is 6.08. The minimum atomic E-state index is 0.849. The van der Waals surface area contributed by atoms with E-state index in [2.05, 4.69) is 19.1 Å². The lowest BCUT2D eigenvalue weighted by Gasteiger charge is -2.05. The Labute approximate surface area is 77.1 Å². The first-order chi connectivity index (χ1) is 6.36. The molecular formula is C11H12O2. The molecule has 0 aliphatic carbocycles. The molecule has 2 aromatic rings. The van der Waals surface area contributed by atoms with E-state index in [1.807, 2.05) is 6.07 Å². The van der Waals surface area contributed by atoms with E-state index in [0.29, 0.717) is 0 Å². The standard InChI is InChI=1S/C11H12O2/c1-3-8-4-5-9-6-7-13-11(9)10(8)12-2/h4-7H,3H2,1-2H3. The second kappa shape index (κ2) is 3.13. The molecule has 0 saturated heterocycles. The van der Waals surface area contributed by atoms with Crippen molar-refractivity contribution < 1.29 is 9.15 Å². The summed E-state index contributed by atoms with van der Waals surface area (Å²) in [6.07, 6.45) is 2.65. The molecule has 1 aromatic heterocycles. The zero-order chi connectivity index (χ0) is 9.26. The summed E-state index contributed by atoms with van der Waals surface area (Å²) < 4.78 is 10.7. The van der Waals surface area contributed by atoms with Gasteiger partial charge in [-0.05, 0) is 18.1 Å². The summed E-state index contributed by atoms with van der Waals surface area (Å²) in [5.74, 6) is 0.866. The molecule has 68 valence electrons. The average Bonchev–Trinajstić information content (AvgIpc) is 2.63. The lowest BCUT2D eigenvalue weighted by molar-refractivity contribution is 0.406. The first kappa shape index (κ1) is 8.17. The Morgan fingerprint density at radius 1 is 1.31 bits per heavy atom. The molecular weight excluding hydrogens is 164 g/mol. The van der Waals surface area contributed by atoms with Crippen molar-refractivity contribution in [2.75, 3.05) is 7.11 Å². The fraction of sp³-hybridized carbons (Fsp3) is 0.273. The molecule has 0 saturated carbocycles. The fourth-order valence-corrected chi connectivity index (χ4v) is 1.55. The first-order valence-electron chi connectivity index (χ1n) is 4.40. The maximum Gasteiger partial charge on any atom is 0.175 e. The van der Waals surface area contributed by atoms with Crippen molar-refractivity contribution >= 4 is 11.0 Å². The summed E-state index contributed by atoms with van der Waals surface area (Å²) in [5.41, 5.74) is 2.03. The minimum Gasteiger partial charge on any atom is -0.493 e. The van der Waals surface area contributed by atoms with Crippen molar-refractivity contribution in [2.24, 2.45) is 0 Å². The molecule has 1 heterocycles. The minimum absolute atomic E-state index is 0.849. The highest BCUT2D eigenvalue weighted by molar-refractivity contribution is 5.84. The molecule has 0 spiro atoms. The van der Waals surface area contributed by atoms with Gasteiger partial charge in [-0.3, -0.25) is 0 Å². The van der Waals surface area contributed by atoms with Crippen LogP contribution in [0.1, 0.15) is 12.5 Å². The van der Waals surface area contributed by atoms with Crippen LogP contribution >= 0.6 is 0 Å². The van der Waals surface area contributed by atoms with Crippen LogP contribution in [0.25, 0.3) is 11.0 Å². The molecule has 0 atom stereocenters. The average molecular weight is 176 g/mol. The quantitative estimate of drug-likeness (QED) is 0.701. The van der Waals surface area contributed by atoms with Crippen molar-refractivity contribution in [3.8, 4) is 5.75 Å². The Bertz CT molecular complexity index is 415. The highest BCUT2D eigenvalue weighted by Crippen LogP contribution is 2.30. The number of fused-ring (bicyclic) bond motifs is 1. The van der Waals surface area contributed by atoms with Crippen LogP contribution in [0.3, 0.4) is 0 Å². The SMILES string of the molecule is CCc1ccc2ccoc2c1OC. The summed E-state index contributed by atoms with van der Waals surface area (Å²) >= 11 is 0. The van der Waals surface area contributed by atoms with Crippen molar-refractivity contribution in [1.29, 1.82) is 0 Å². The molecule has 0 unspecified atom stereocenters.